The van der Waals surface area contributed by atoms with Crippen LogP contribution in [0.5, 0.6) is 0 Å². The topological polar surface area (TPSA) is 72.3 Å². The van der Waals surface area contributed by atoms with Crippen LogP contribution in [0.25, 0.3) is 0 Å². The molecule has 3 nitrogen and oxygen atoms in total. The minimum atomic E-state index is -0.528. The summed E-state index contributed by atoms with van der Waals surface area (Å²) in [4.78, 5) is 0. The number of hydrogen-bond donors (Lipinski definition) is 3. The van der Waals surface area contributed by atoms with E-state index >= 15 is 0 Å². The van der Waals surface area contributed by atoms with Gasteiger partial charge in [0.05, 0.1) is 5.60 Å². The molecule has 0 aromatic rings. The molecule has 0 spiro atoms. The first-order valence-electron chi connectivity index (χ1n) is 5.30. The zero-order chi connectivity index (χ0) is 9.90. The van der Waals surface area contributed by atoms with Gasteiger partial charge < -0.3 is 16.6 Å². The Kier molecular flexibility index (Phi) is 3.71. The first-order chi connectivity index (χ1) is 6.12. The summed E-state index contributed by atoms with van der Waals surface area (Å²) in [6, 6.07) is 0.288. The number of aliphatic hydroxyl groups is 1. The molecule has 0 bridgehead atoms. The van der Waals surface area contributed by atoms with Crippen LogP contribution in [0.3, 0.4) is 0 Å². The summed E-state index contributed by atoms with van der Waals surface area (Å²) < 4.78 is 0. The van der Waals surface area contributed by atoms with Gasteiger partial charge in [-0.1, -0.05) is 6.92 Å². The standard InChI is InChI=1S/C10H22N2O/c1-2-8(7-11)10(13)5-3-9(12)4-6-10/h8-9,13H,2-7,11-12H2,1H3. The molecule has 13 heavy (non-hydrogen) atoms. The fourth-order valence-electron chi connectivity index (χ4n) is 2.31. The third kappa shape index (κ3) is 2.42. The van der Waals surface area contributed by atoms with Gasteiger partial charge >= 0.3 is 0 Å². The van der Waals surface area contributed by atoms with Crippen molar-refractivity contribution in [2.75, 3.05) is 6.54 Å². The highest BCUT2D eigenvalue weighted by atomic mass is 16.3. The molecule has 0 aromatic heterocycles. The van der Waals surface area contributed by atoms with E-state index in [1.165, 1.54) is 0 Å². The van der Waals surface area contributed by atoms with Gasteiger partial charge in [0.1, 0.15) is 0 Å². The Hall–Kier alpha value is -0.120. The largest absolute Gasteiger partial charge is 0.390 e. The lowest BCUT2D eigenvalue weighted by Crippen LogP contribution is -2.46. The van der Waals surface area contributed by atoms with Crippen molar-refractivity contribution in [1.29, 1.82) is 0 Å². The first kappa shape index (κ1) is 11.0. The second-order valence-electron chi connectivity index (χ2n) is 4.28. The predicted octanol–water partition coefficient (Wildman–Crippen LogP) is 0.604. The zero-order valence-corrected chi connectivity index (χ0v) is 8.50. The van der Waals surface area contributed by atoms with Crippen molar-refractivity contribution in [3.8, 4) is 0 Å². The van der Waals surface area contributed by atoms with Crippen molar-refractivity contribution in [1.82, 2.24) is 0 Å². The predicted molar refractivity (Wildman–Crippen MR) is 54.2 cm³/mol. The lowest BCUT2D eigenvalue weighted by Gasteiger charge is -2.40. The maximum absolute atomic E-state index is 10.3. The van der Waals surface area contributed by atoms with Gasteiger partial charge in [-0.25, -0.2) is 0 Å². The van der Waals surface area contributed by atoms with Crippen molar-refractivity contribution >= 4 is 0 Å². The maximum Gasteiger partial charge on any atom is 0.0688 e. The van der Waals surface area contributed by atoms with E-state index in [2.05, 4.69) is 6.92 Å². The molecule has 0 aromatic carbocycles. The molecule has 1 aliphatic carbocycles. The molecule has 1 rings (SSSR count). The minimum Gasteiger partial charge on any atom is -0.390 e. The molecule has 1 atom stereocenters. The van der Waals surface area contributed by atoms with E-state index < -0.39 is 5.60 Å². The highest BCUT2D eigenvalue weighted by Gasteiger charge is 2.37. The summed E-state index contributed by atoms with van der Waals surface area (Å²) in [7, 11) is 0. The highest BCUT2D eigenvalue weighted by Crippen LogP contribution is 2.34. The molecule has 0 amide bonds. The Morgan fingerprint density at radius 1 is 1.46 bits per heavy atom. The van der Waals surface area contributed by atoms with Crippen LogP contribution in [0.4, 0.5) is 0 Å². The van der Waals surface area contributed by atoms with Gasteiger partial charge in [0.2, 0.25) is 0 Å². The van der Waals surface area contributed by atoms with Gasteiger partial charge in [0.15, 0.2) is 0 Å². The zero-order valence-electron chi connectivity index (χ0n) is 8.50. The molecule has 0 aliphatic heterocycles. The maximum atomic E-state index is 10.3. The molecule has 5 N–H and O–H groups in total. The Balaban J connectivity index is 2.54. The molecule has 0 heterocycles. The van der Waals surface area contributed by atoms with E-state index in [1.54, 1.807) is 0 Å². The second kappa shape index (κ2) is 4.40. The van der Waals surface area contributed by atoms with E-state index in [0.29, 0.717) is 6.54 Å². The number of nitrogens with two attached hydrogens (primary N) is 2. The van der Waals surface area contributed by atoms with Gasteiger partial charge in [-0.3, -0.25) is 0 Å². The number of rotatable bonds is 3. The lowest BCUT2D eigenvalue weighted by molar-refractivity contribution is -0.0505. The summed E-state index contributed by atoms with van der Waals surface area (Å²) in [5.41, 5.74) is 10.9. The molecule has 78 valence electrons. The quantitative estimate of drug-likeness (QED) is 0.604. The van der Waals surface area contributed by atoms with E-state index in [1.807, 2.05) is 0 Å². The van der Waals surface area contributed by atoms with Crippen LogP contribution < -0.4 is 11.5 Å². The molecule has 0 saturated heterocycles. The van der Waals surface area contributed by atoms with Crippen molar-refractivity contribution < 1.29 is 5.11 Å². The minimum absolute atomic E-state index is 0.250. The monoisotopic (exact) mass is 186 g/mol. The van der Waals surface area contributed by atoms with Crippen LogP contribution in [-0.4, -0.2) is 23.3 Å². The Morgan fingerprint density at radius 2 is 2.00 bits per heavy atom. The van der Waals surface area contributed by atoms with Gasteiger partial charge in [-0.2, -0.15) is 0 Å². The molecule has 0 radical (unpaired) electrons. The molecule has 1 saturated carbocycles. The van der Waals surface area contributed by atoms with E-state index in [4.69, 9.17) is 11.5 Å². The second-order valence-corrected chi connectivity index (χ2v) is 4.28. The average molecular weight is 186 g/mol. The normalized spacial score (nSPS) is 37.4. The average Bonchev–Trinajstić information content (AvgIpc) is 2.13. The summed E-state index contributed by atoms with van der Waals surface area (Å²) in [5, 5.41) is 10.3. The van der Waals surface area contributed by atoms with Crippen LogP contribution in [-0.2, 0) is 0 Å². The van der Waals surface area contributed by atoms with Crippen molar-refractivity contribution in [2.45, 2.75) is 50.7 Å². The molecular formula is C10H22N2O. The smallest absolute Gasteiger partial charge is 0.0688 e. The van der Waals surface area contributed by atoms with Crippen LogP contribution in [0.1, 0.15) is 39.0 Å². The number of hydrogen-bond acceptors (Lipinski definition) is 3. The Labute approximate surface area is 80.5 Å². The third-order valence-corrected chi connectivity index (χ3v) is 3.43. The van der Waals surface area contributed by atoms with Gasteiger partial charge in [0, 0.05) is 6.04 Å². The fraction of sp³-hybridized carbons (Fsp3) is 1.00. The van der Waals surface area contributed by atoms with Crippen molar-refractivity contribution in [3.05, 3.63) is 0 Å². The van der Waals surface area contributed by atoms with Crippen molar-refractivity contribution in [3.63, 3.8) is 0 Å². The highest BCUT2D eigenvalue weighted by molar-refractivity contribution is 4.92. The van der Waals surface area contributed by atoms with Crippen molar-refractivity contribution in [2.24, 2.45) is 17.4 Å². The molecule has 1 aliphatic rings. The van der Waals surface area contributed by atoms with Gasteiger partial charge in [-0.15, -0.1) is 0 Å². The summed E-state index contributed by atoms with van der Waals surface area (Å²) >= 11 is 0. The van der Waals surface area contributed by atoms with Gasteiger partial charge in [0.25, 0.3) is 0 Å². The van der Waals surface area contributed by atoms with E-state index in [-0.39, 0.29) is 12.0 Å². The fourth-order valence-corrected chi connectivity index (χ4v) is 2.31. The third-order valence-electron chi connectivity index (χ3n) is 3.43. The lowest BCUT2D eigenvalue weighted by atomic mass is 9.73. The molecule has 1 unspecified atom stereocenters. The first-order valence-corrected chi connectivity index (χ1v) is 5.30. The Morgan fingerprint density at radius 3 is 2.38 bits per heavy atom. The van der Waals surface area contributed by atoms with Crippen LogP contribution >= 0.6 is 0 Å². The van der Waals surface area contributed by atoms with Crippen LogP contribution in [0.2, 0.25) is 0 Å². The van der Waals surface area contributed by atoms with Crippen LogP contribution in [0.15, 0.2) is 0 Å². The molecule has 1 fully saturated rings. The van der Waals surface area contributed by atoms with E-state index in [0.717, 1.165) is 32.1 Å². The summed E-state index contributed by atoms with van der Waals surface area (Å²) in [6.07, 6.45) is 4.48. The summed E-state index contributed by atoms with van der Waals surface area (Å²) in [5.74, 6) is 0.250. The van der Waals surface area contributed by atoms with E-state index in [9.17, 15) is 5.11 Å². The van der Waals surface area contributed by atoms with Crippen LogP contribution in [0, 0.1) is 5.92 Å². The molecule has 3 heteroatoms. The van der Waals surface area contributed by atoms with Gasteiger partial charge in [-0.05, 0) is 44.6 Å². The molecular weight excluding hydrogens is 164 g/mol. The SMILES string of the molecule is CCC(CN)C1(O)CCC(N)CC1. The summed E-state index contributed by atoms with van der Waals surface area (Å²) in [6.45, 7) is 2.67. The Bertz CT molecular complexity index is 149.